The van der Waals surface area contributed by atoms with Gasteiger partial charge in [-0.15, -0.1) is 0 Å². The van der Waals surface area contributed by atoms with Gasteiger partial charge in [0.25, 0.3) is 0 Å². The molecule has 3 saturated heterocycles. The number of hydrogen-bond donors (Lipinski definition) is 3. The highest BCUT2D eigenvalue weighted by Gasteiger charge is 2.58. The van der Waals surface area contributed by atoms with E-state index in [1.54, 1.807) is 103 Å². The number of likely N-dealkylation sites (N-methyl/N-ethyl adjacent to an activating group) is 1. The van der Waals surface area contributed by atoms with Crippen LogP contribution in [0.15, 0.2) is 55.0 Å². The summed E-state index contributed by atoms with van der Waals surface area (Å²) in [7, 11) is 3.66. The maximum Gasteiger partial charge on any atom is 0.408 e. The third kappa shape index (κ3) is 11.8. The molecule has 3 aliphatic rings. The zero-order valence-corrected chi connectivity index (χ0v) is 38.0. The molecule has 0 spiro atoms. The molecule has 2 amide bonds. The summed E-state index contributed by atoms with van der Waals surface area (Å²) in [5.74, 6) is -5.76. The molecule has 5 heterocycles. The number of cyclic esters (lactones) is 1. The van der Waals surface area contributed by atoms with Gasteiger partial charge in [-0.1, -0.05) is 52.0 Å². The molecule has 2 aromatic rings. The number of ketones is 1. The molecule has 3 N–H and O–H groups in total. The molecule has 17 heteroatoms. The van der Waals surface area contributed by atoms with E-state index in [0.29, 0.717) is 12.1 Å². The van der Waals surface area contributed by atoms with Gasteiger partial charge in [-0.05, 0) is 84.8 Å². The van der Waals surface area contributed by atoms with Crippen LogP contribution in [0.5, 0.6) is 0 Å². The average Bonchev–Trinajstić information content (AvgIpc) is 3.56. The molecule has 3 fully saturated rings. The third-order valence-electron chi connectivity index (χ3n) is 12.6. The van der Waals surface area contributed by atoms with Gasteiger partial charge in [-0.25, -0.2) is 9.59 Å². The van der Waals surface area contributed by atoms with E-state index in [1.807, 2.05) is 32.0 Å². The minimum atomic E-state index is -1.76. The lowest BCUT2D eigenvalue weighted by atomic mass is 9.73. The van der Waals surface area contributed by atoms with Crippen molar-refractivity contribution in [2.45, 2.75) is 141 Å². The van der Waals surface area contributed by atoms with E-state index in [-0.39, 0.29) is 37.7 Å². The van der Waals surface area contributed by atoms with Crippen LogP contribution >= 0.6 is 0 Å². The first-order valence-electron chi connectivity index (χ1n) is 21.8. The molecule has 0 radical (unpaired) electrons. The fourth-order valence-corrected chi connectivity index (χ4v) is 9.34. The quantitative estimate of drug-likeness (QED) is 0.207. The van der Waals surface area contributed by atoms with Crippen molar-refractivity contribution >= 4 is 36.0 Å². The SMILES string of the molecule is CC[C@H]1OC(=O)[C@H](C)[C@@H](OC(=O)Cc2ccccn2)[C@H](C)[C@@H](O[C@@H]2O[C@H](C)C[C@H](N(C)C)[C@H]2O)[C@](C)(OC(=O)NCC=Cc2cccnc2)C[C@@H](C)C(=O)[C@H](C)[C@H]2NC(=O)O[C@@]21C. The normalized spacial score (nSPS) is 35.5. The third-order valence-corrected chi connectivity index (χ3v) is 12.6. The van der Waals surface area contributed by atoms with Crippen molar-refractivity contribution in [1.82, 2.24) is 25.5 Å². The molecule has 0 bridgehead atoms. The van der Waals surface area contributed by atoms with Crippen LogP contribution in [0.4, 0.5) is 9.59 Å². The fourth-order valence-electron chi connectivity index (χ4n) is 9.34. The van der Waals surface area contributed by atoms with E-state index in [4.69, 9.17) is 28.4 Å². The smallest absolute Gasteiger partial charge is 0.408 e. The number of aliphatic hydroxyl groups is 1. The van der Waals surface area contributed by atoms with Crippen LogP contribution in [0.1, 0.15) is 85.9 Å². The van der Waals surface area contributed by atoms with Gasteiger partial charge < -0.3 is 49.1 Å². The minimum absolute atomic E-state index is 0.0536. The van der Waals surface area contributed by atoms with Crippen molar-refractivity contribution in [2.24, 2.45) is 23.7 Å². The van der Waals surface area contributed by atoms with Gasteiger partial charge in [0.1, 0.15) is 35.8 Å². The Morgan fingerprint density at radius 1 is 1.05 bits per heavy atom. The number of carbonyl (C=O) groups is 5. The van der Waals surface area contributed by atoms with E-state index in [2.05, 4.69) is 20.6 Å². The number of ether oxygens (including phenoxy) is 6. The van der Waals surface area contributed by atoms with Gasteiger partial charge in [0, 0.05) is 48.9 Å². The highest BCUT2D eigenvalue weighted by atomic mass is 16.7. The van der Waals surface area contributed by atoms with E-state index in [9.17, 15) is 29.1 Å². The Kier molecular flexibility index (Phi) is 16.5. The van der Waals surface area contributed by atoms with E-state index >= 15 is 0 Å². The second kappa shape index (κ2) is 21.1. The fraction of sp³-hybridized carbons (Fsp3) is 0.630. The number of pyridine rings is 2. The Morgan fingerprint density at radius 3 is 2.44 bits per heavy atom. The lowest BCUT2D eigenvalue weighted by Gasteiger charge is -2.48. The van der Waals surface area contributed by atoms with Gasteiger partial charge in [0.15, 0.2) is 11.9 Å². The molecule has 5 rings (SSSR count). The summed E-state index contributed by atoms with van der Waals surface area (Å²) in [5, 5.41) is 17.3. The Hall–Kier alpha value is -4.97. The van der Waals surface area contributed by atoms with E-state index in [1.165, 1.54) is 0 Å². The van der Waals surface area contributed by atoms with Crippen LogP contribution in [-0.4, -0.2) is 131 Å². The van der Waals surface area contributed by atoms with Gasteiger partial charge >= 0.3 is 24.1 Å². The monoisotopic (exact) mass is 879 g/mol. The molecular weight excluding hydrogens is 815 g/mol. The van der Waals surface area contributed by atoms with E-state index in [0.717, 1.165) is 5.56 Å². The van der Waals surface area contributed by atoms with Crippen molar-refractivity contribution in [3.8, 4) is 0 Å². The second-order valence-corrected chi connectivity index (χ2v) is 17.8. The van der Waals surface area contributed by atoms with Crippen LogP contribution in [0, 0.1) is 23.7 Å². The number of rotatable bonds is 11. The van der Waals surface area contributed by atoms with Crippen molar-refractivity contribution in [3.05, 3.63) is 66.3 Å². The molecule has 3 aliphatic heterocycles. The summed E-state index contributed by atoms with van der Waals surface area (Å²) in [6.45, 7) is 13.5. The zero-order valence-electron chi connectivity index (χ0n) is 38.0. The van der Waals surface area contributed by atoms with E-state index < -0.39 is 102 Å². The standard InChI is InChI=1S/C46H65N5O12/c1-11-34-46(8)39(50-44(57)63-46)28(4)36(53)26(2)24-45(7,62-43(56)49-21-15-17-31-16-14-19-47-25-31)40(61-42-37(54)33(51(9)10)22-27(3)58-42)29(5)38(30(6)41(55)59-34)60-35(52)23-32-18-12-13-20-48-32/h12-20,25-30,33-34,37-40,42,54H,11,21-24H2,1-10H3,(H,49,56)(H,50,57)/t26-,27-,28+,29+,30-,33+,34-,37-,38+,39-,40-,42+,45-,46-/m1/s1. The molecule has 2 aromatic heterocycles. The van der Waals surface area contributed by atoms with Crippen LogP contribution in [0.25, 0.3) is 6.08 Å². The molecule has 0 aromatic carbocycles. The first-order valence-corrected chi connectivity index (χ1v) is 21.8. The summed E-state index contributed by atoms with van der Waals surface area (Å²) in [4.78, 5) is 80.2. The zero-order chi connectivity index (χ0) is 46.2. The topological polar surface area (TPSA) is 214 Å². The molecule has 17 nitrogen and oxygen atoms in total. The maximum atomic E-state index is 14.6. The number of hydrogen-bond acceptors (Lipinski definition) is 15. The van der Waals surface area contributed by atoms with Crippen molar-refractivity contribution in [1.29, 1.82) is 0 Å². The number of alkyl carbamates (subject to hydrolysis) is 2. The maximum absolute atomic E-state index is 14.6. The number of carbonyl (C=O) groups excluding carboxylic acids is 5. The predicted molar refractivity (Wildman–Crippen MR) is 230 cm³/mol. The largest absolute Gasteiger partial charge is 0.461 e. The number of aromatic nitrogens is 2. The Balaban J connectivity index is 1.63. The minimum Gasteiger partial charge on any atom is -0.461 e. The number of nitrogens with zero attached hydrogens (tertiary/aromatic N) is 3. The number of esters is 2. The number of amides is 2. The van der Waals surface area contributed by atoms with Crippen molar-refractivity contribution in [2.75, 3.05) is 20.6 Å². The number of aliphatic hydroxyl groups excluding tert-OH is 1. The molecule has 346 valence electrons. The molecule has 14 atom stereocenters. The van der Waals surface area contributed by atoms with Crippen molar-refractivity contribution in [3.63, 3.8) is 0 Å². The molecule has 63 heavy (non-hydrogen) atoms. The summed E-state index contributed by atoms with van der Waals surface area (Å²) in [5.41, 5.74) is -2.00. The van der Waals surface area contributed by atoms with Gasteiger partial charge in [-0.3, -0.25) is 24.4 Å². The summed E-state index contributed by atoms with van der Waals surface area (Å²) >= 11 is 0. The highest BCUT2D eigenvalue weighted by molar-refractivity contribution is 5.85. The predicted octanol–water partition coefficient (Wildman–Crippen LogP) is 4.65. The van der Waals surface area contributed by atoms with Crippen LogP contribution < -0.4 is 10.6 Å². The first kappa shape index (κ1) is 49.1. The number of nitrogens with one attached hydrogen (secondary N) is 2. The highest BCUT2D eigenvalue weighted by Crippen LogP contribution is 2.42. The summed E-state index contributed by atoms with van der Waals surface area (Å²) in [6.07, 6.45) is 0.488. The Labute approximate surface area is 370 Å². The summed E-state index contributed by atoms with van der Waals surface area (Å²) < 4.78 is 37.8. The van der Waals surface area contributed by atoms with Gasteiger partial charge in [0.2, 0.25) is 0 Å². The first-order chi connectivity index (χ1) is 29.8. The summed E-state index contributed by atoms with van der Waals surface area (Å²) in [6, 6.07) is 7.43. The van der Waals surface area contributed by atoms with Crippen LogP contribution in [0.2, 0.25) is 0 Å². The molecule has 0 unspecified atom stereocenters. The van der Waals surface area contributed by atoms with Crippen LogP contribution in [0.3, 0.4) is 0 Å². The Morgan fingerprint density at radius 2 is 1.79 bits per heavy atom. The van der Waals surface area contributed by atoms with Crippen LogP contribution in [-0.2, 0) is 49.2 Å². The number of Topliss-reactive ketones (excluding diaryl/α,β-unsaturated/α-hetero) is 1. The lowest BCUT2D eigenvalue weighted by molar-refractivity contribution is -0.298. The van der Waals surface area contributed by atoms with Gasteiger partial charge in [0.05, 0.1) is 30.2 Å². The average molecular weight is 880 g/mol. The number of fused-ring (bicyclic) bond motifs is 1. The second-order valence-electron chi connectivity index (χ2n) is 17.8. The van der Waals surface area contributed by atoms with Crippen molar-refractivity contribution < 1.29 is 57.5 Å². The van der Waals surface area contributed by atoms with Gasteiger partial charge in [-0.2, -0.15) is 0 Å². The molecule has 0 aliphatic carbocycles. The Bertz CT molecular complexity index is 1920. The molecular formula is C46H65N5O12. The lowest BCUT2D eigenvalue weighted by Crippen LogP contribution is -2.61. The molecule has 0 saturated carbocycles.